The molecule has 1 aromatic rings. The Bertz CT molecular complexity index is 473. The molecule has 0 bridgehead atoms. The van der Waals surface area contributed by atoms with Gasteiger partial charge in [0.1, 0.15) is 0 Å². The summed E-state index contributed by atoms with van der Waals surface area (Å²) in [6, 6.07) is 7.00. The Balaban J connectivity index is 2.27. The predicted molar refractivity (Wildman–Crippen MR) is 65.0 cm³/mol. The maximum absolute atomic E-state index is 12.1. The summed E-state index contributed by atoms with van der Waals surface area (Å²) < 4.78 is 25.3. The van der Waals surface area contributed by atoms with E-state index in [0.717, 1.165) is 16.5 Å². The Hall–Kier alpha value is -0.910. The van der Waals surface area contributed by atoms with E-state index in [9.17, 15) is 8.42 Å². The number of hydrogen-bond acceptors (Lipinski definition) is 3. The molecule has 17 heavy (non-hydrogen) atoms. The first kappa shape index (κ1) is 12.5. The van der Waals surface area contributed by atoms with Crippen molar-refractivity contribution in [2.45, 2.75) is 31.1 Å². The van der Waals surface area contributed by atoms with Crippen LogP contribution in [0.2, 0.25) is 0 Å². The molecule has 1 saturated heterocycles. The highest BCUT2D eigenvalue weighted by Crippen LogP contribution is 2.22. The van der Waals surface area contributed by atoms with E-state index in [1.807, 2.05) is 12.1 Å². The third kappa shape index (κ3) is 2.51. The Labute approximate surface area is 102 Å². The minimum absolute atomic E-state index is 0.295. The van der Waals surface area contributed by atoms with Gasteiger partial charge in [0, 0.05) is 6.54 Å². The summed E-state index contributed by atoms with van der Waals surface area (Å²) in [5, 5.41) is 0. The Morgan fingerprint density at radius 3 is 2.35 bits per heavy atom. The molecule has 0 aliphatic carbocycles. The quantitative estimate of drug-likeness (QED) is 0.831. The fourth-order valence-electron chi connectivity index (χ4n) is 1.76. The zero-order valence-electron chi connectivity index (χ0n) is 10.1. The van der Waals surface area contributed by atoms with Crippen LogP contribution in [0.4, 0.5) is 0 Å². The highest BCUT2D eigenvalue weighted by atomic mass is 32.2. The molecule has 0 spiro atoms. The van der Waals surface area contributed by atoms with Crippen LogP contribution >= 0.6 is 0 Å². The number of hydrogen-bond donors (Lipinski definition) is 0. The number of benzene rings is 1. The third-order valence-electron chi connectivity index (χ3n) is 2.83. The second kappa shape index (κ2) is 4.76. The summed E-state index contributed by atoms with van der Waals surface area (Å²) in [6.07, 6.45) is 0.753. The van der Waals surface area contributed by atoms with Gasteiger partial charge in [0.05, 0.1) is 11.5 Å². The summed E-state index contributed by atoms with van der Waals surface area (Å²) in [7, 11) is -3.47. The van der Waals surface area contributed by atoms with E-state index < -0.39 is 10.0 Å². The van der Waals surface area contributed by atoms with Crippen molar-refractivity contribution in [3.05, 3.63) is 29.8 Å². The molecule has 4 nitrogen and oxygen atoms in total. The maximum Gasteiger partial charge on any atom is 0.265 e. The molecule has 1 aromatic carbocycles. The van der Waals surface area contributed by atoms with Gasteiger partial charge >= 0.3 is 0 Å². The molecular formula is C12H17NO3S. The average molecular weight is 255 g/mol. The first-order valence-corrected chi connectivity index (χ1v) is 7.21. The van der Waals surface area contributed by atoms with Crippen molar-refractivity contribution >= 4 is 10.0 Å². The normalized spacial score (nSPS) is 17.8. The molecule has 0 unspecified atom stereocenters. The van der Waals surface area contributed by atoms with Gasteiger partial charge in [0.25, 0.3) is 10.0 Å². The van der Waals surface area contributed by atoms with Crippen molar-refractivity contribution in [3.8, 4) is 0 Å². The van der Waals surface area contributed by atoms with Crippen molar-refractivity contribution in [1.29, 1.82) is 0 Å². The molecule has 1 aliphatic heterocycles. The van der Waals surface area contributed by atoms with E-state index >= 15 is 0 Å². The first-order chi connectivity index (χ1) is 8.01. The molecule has 94 valence electrons. The lowest BCUT2D eigenvalue weighted by Crippen LogP contribution is -2.26. The van der Waals surface area contributed by atoms with Crippen LogP contribution in [-0.4, -0.2) is 26.0 Å². The van der Waals surface area contributed by atoms with Crippen molar-refractivity contribution in [2.24, 2.45) is 0 Å². The van der Waals surface area contributed by atoms with E-state index in [2.05, 4.69) is 13.8 Å². The van der Waals surface area contributed by atoms with Crippen LogP contribution in [0, 0.1) is 0 Å². The molecule has 1 heterocycles. The van der Waals surface area contributed by atoms with Crippen molar-refractivity contribution < 1.29 is 13.3 Å². The Morgan fingerprint density at radius 2 is 1.88 bits per heavy atom. The monoisotopic (exact) mass is 255 g/mol. The highest BCUT2D eigenvalue weighted by molar-refractivity contribution is 7.89. The predicted octanol–water partition coefficient (Wildman–Crippen LogP) is 2.14. The molecule has 1 aliphatic rings. The minimum Gasteiger partial charge on any atom is -0.284 e. The molecule has 0 amide bonds. The summed E-state index contributed by atoms with van der Waals surface area (Å²) in [4.78, 5) is 5.39. The topological polar surface area (TPSA) is 46.6 Å². The van der Waals surface area contributed by atoms with Crippen LogP contribution in [0.1, 0.15) is 31.7 Å². The maximum atomic E-state index is 12.1. The van der Waals surface area contributed by atoms with E-state index in [1.54, 1.807) is 12.1 Å². The van der Waals surface area contributed by atoms with Gasteiger partial charge < -0.3 is 0 Å². The van der Waals surface area contributed by atoms with E-state index in [-0.39, 0.29) is 0 Å². The van der Waals surface area contributed by atoms with Crippen LogP contribution < -0.4 is 0 Å². The van der Waals surface area contributed by atoms with Crippen molar-refractivity contribution in [3.63, 3.8) is 0 Å². The van der Waals surface area contributed by atoms with Gasteiger partial charge in [-0.2, -0.15) is 0 Å². The molecule has 0 atom stereocenters. The van der Waals surface area contributed by atoms with Gasteiger partial charge in [0.2, 0.25) is 0 Å². The van der Waals surface area contributed by atoms with Gasteiger partial charge in [0.15, 0.2) is 0 Å². The summed E-state index contributed by atoms with van der Waals surface area (Å²) in [5.41, 5.74) is 1.13. The van der Waals surface area contributed by atoms with E-state index in [0.29, 0.717) is 24.0 Å². The zero-order chi connectivity index (χ0) is 12.5. The number of sulfonamides is 1. The largest absolute Gasteiger partial charge is 0.284 e. The molecule has 2 rings (SSSR count). The molecule has 0 aromatic heterocycles. The second-order valence-electron chi connectivity index (χ2n) is 4.44. The van der Waals surface area contributed by atoms with Gasteiger partial charge in [-0.1, -0.05) is 30.4 Å². The summed E-state index contributed by atoms with van der Waals surface area (Å²) in [6.45, 7) is 5.07. The van der Waals surface area contributed by atoms with E-state index in [4.69, 9.17) is 4.84 Å². The second-order valence-corrected chi connectivity index (χ2v) is 6.27. The lowest BCUT2D eigenvalue weighted by molar-refractivity contribution is -0.0284. The lowest BCUT2D eigenvalue weighted by Gasteiger charge is -2.14. The number of hydroxylamine groups is 1. The van der Waals surface area contributed by atoms with Crippen LogP contribution in [0.5, 0.6) is 0 Å². The van der Waals surface area contributed by atoms with Gasteiger partial charge in [-0.25, -0.2) is 8.42 Å². The van der Waals surface area contributed by atoms with Gasteiger partial charge in [-0.15, -0.1) is 0 Å². The highest BCUT2D eigenvalue weighted by Gasteiger charge is 2.28. The molecule has 5 heteroatoms. The fourth-order valence-corrected chi connectivity index (χ4v) is 3.05. The van der Waals surface area contributed by atoms with Crippen LogP contribution in [0.3, 0.4) is 0 Å². The molecule has 1 fully saturated rings. The molecule has 0 saturated carbocycles. The molecular weight excluding hydrogens is 238 g/mol. The number of nitrogens with zero attached hydrogens (tertiary/aromatic N) is 1. The van der Waals surface area contributed by atoms with Gasteiger partial charge in [-0.05, 0) is 30.0 Å². The van der Waals surface area contributed by atoms with Crippen LogP contribution in [0.15, 0.2) is 29.2 Å². The first-order valence-electron chi connectivity index (χ1n) is 5.77. The molecule has 0 radical (unpaired) electrons. The minimum atomic E-state index is -3.47. The van der Waals surface area contributed by atoms with Crippen LogP contribution in [0.25, 0.3) is 0 Å². The average Bonchev–Trinajstić information content (AvgIpc) is 2.83. The Morgan fingerprint density at radius 1 is 1.24 bits per heavy atom. The fraction of sp³-hybridized carbons (Fsp3) is 0.500. The zero-order valence-corrected chi connectivity index (χ0v) is 10.9. The Kier molecular flexibility index (Phi) is 3.51. The summed E-state index contributed by atoms with van der Waals surface area (Å²) >= 11 is 0. The third-order valence-corrected chi connectivity index (χ3v) is 4.53. The van der Waals surface area contributed by atoms with Crippen LogP contribution in [-0.2, 0) is 14.9 Å². The SMILES string of the molecule is CC(C)c1ccc(S(=O)(=O)N2CCCO2)cc1. The smallest absolute Gasteiger partial charge is 0.265 e. The lowest BCUT2D eigenvalue weighted by atomic mass is 10.0. The van der Waals surface area contributed by atoms with Crippen molar-refractivity contribution in [2.75, 3.05) is 13.2 Å². The van der Waals surface area contributed by atoms with E-state index in [1.165, 1.54) is 0 Å². The number of rotatable bonds is 3. The van der Waals surface area contributed by atoms with Gasteiger partial charge in [-0.3, -0.25) is 4.84 Å². The van der Waals surface area contributed by atoms with Crippen molar-refractivity contribution in [1.82, 2.24) is 4.47 Å². The standard InChI is InChI=1S/C12H17NO3S/c1-10(2)11-4-6-12(7-5-11)17(14,15)13-8-3-9-16-13/h4-7,10H,3,8-9H2,1-2H3. The molecule has 0 N–H and O–H groups in total. The summed E-state index contributed by atoms with van der Waals surface area (Å²) in [5.74, 6) is 0.398.